The molecule has 6 nitrogen and oxygen atoms in total. The summed E-state index contributed by atoms with van der Waals surface area (Å²) in [5.74, 6) is 0. The zero-order valence-electron chi connectivity index (χ0n) is 3.95. The number of rotatable bonds is 0. The fraction of sp³-hybridized carbons (Fsp3) is 0. The van der Waals surface area contributed by atoms with Crippen LogP contribution in [-0.4, -0.2) is 10.4 Å². The molecule has 0 saturated carbocycles. The number of phosphoric acid groups is 1. The van der Waals surface area contributed by atoms with Crippen molar-refractivity contribution in [3.63, 3.8) is 0 Å². The van der Waals surface area contributed by atoms with Gasteiger partial charge in [-0.05, 0) is 0 Å². The van der Waals surface area contributed by atoms with Crippen LogP contribution in [0, 0.1) is 0 Å². The van der Waals surface area contributed by atoms with Crippen LogP contribution in [0.3, 0.4) is 0 Å². The van der Waals surface area contributed by atoms with Crippen LogP contribution in [0.25, 0.3) is 0 Å². The summed E-state index contributed by atoms with van der Waals surface area (Å²) < 4.78 is 8.66. The minimum absolute atomic E-state index is 0. The second-order valence-corrected chi connectivity index (χ2v) is 1.41. The van der Waals surface area contributed by atoms with E-state index in [4.69, 9.17) is 19.2 Å². The molecule has 0 aromatic rings. The Kier molecular flexibility index (Phi) is 22.2. The van der Waals surface area contributed by atoms with E-state index in [2.05, 4.69) is 0 Å². The third kappa shape index (κ3) is 696. The van der Waals surface area contributed by atoms with E-state index in [0.29, 0.717) is 0 Å². The van der Waals surface area contributed by atoms with Crippen LogP contribution in [0.2, 0.25) is 0 Å². The van der Waals surface area contributed by atoms with Crippen molar-refractivity contribution in [1.82, 2.24) is 6.15 Å². The van der Waals surface area contributed by atoms with Crippen molar-refractivity contribution in [3.8, 4) is 0 Å². The van der Waals surface area contributed by atoms with Crippen LogP contribution in [0.4, 0.5) is 0 Å². The SMILES string of the molecule is O.O=P([O-])([O-])O.[Co].[NH4+]. The minimum atomic E-state index is -5.14. The van der Waals surface area contributed by atoms with Gasteiger partial charge in [0.2, 0.25) is 0 Å². The van der Waals surface area contributed by atoms with E-state index in [-0.39, 0.29) is 28.4 Å². The summed E-state index contributed by atoms with van der Waals surface area (Å²) in [4.78, 5) is 24.3. The molecule has 0 fully saturated rings. The molecule has 0 unspecified atom stereocenters. The van der Waals surface area contributed by atoms with Gasteiger partial charge in [-0.25, -0.2) is 0 Å². The Morgan fingerprint density at radius 2 is 1.38 bits per heavy atom. The Labute approximate surface area is 56.2 Å². The molecule has 0 aliphatic rings. The quantitative estimate of drug-likeness (QED) is 0.401. The van der Waals surface area contributed by atoms with E-state index in [1.165, 1.54) is 0 Å². The Morgan fingerprint density at radius 3 is 1.38 bits per heavy atom. The zero-order valence-corrected chi connectivity index (χ0v) is 5.89. The first kappa shape index (κ1) is 23.6. The van der Waals surface area contributed by atoms with E-state index < -0.39 is 7.82 Å². The van der Waals surface area contributed by atoms with E-state index >= 15 is 0 Å². The van der Waals surface area contributed by atoms with Gasteiger partial charge in [0.05, 0.1) is 7.82 Å². The first-order valence-electron chi connectivity index (χ1n) is 0.748. The van der Waals surface area contributed by atoms with Crippen molar-refractivity contribution in [1.29, 1.82) is 0 Å². The van der Waals surface area contributed by atoms with Crippen molar-refractivity contribution in [2.24, 2.45) is 0 Å². The molecule has 0 atom stereocenters. The molecule has 0 aliphatic heterocycles. The second kappa shape index (κ2) is 7.54. The summed E-state index contributed by atoms with van der Waals surface area (Å²) in [7, 11) is -5.14. The predicted octanol–water partition coefficient (Wildman–Crippen LogP) is -2.64. The van der Waals surface area contributed by atoms with Gasteiger partial charge in [-0.1, -0.05) is 0 Å². The molecule has 0 spiro atoms. The van der Waals surface area contributed by atoms with Crippen molar-refractivity contribution in [2.75, 3.05) is 0 Å². The van der Waals surface area contributed by atoms with Crippen molar-refractivity contribution >= 4 is 7.82 Å². The van der Waals surface area contributed by atoms with Gasteiger partial charge < -0.3 is 30.9 Å². The first-order valence-corrected chi connectivity index (χ1v) is 2.24. The fourth-order valence-corrected chi connectivity index (χ4v) is 0. The largest absolute Gasteiger partial charge is 0.790 e. The maximum Gasteiger partial charge on any atom is 0.0557 e. The molecule has 8 heavy (non-hydrogen) atoms. The molecule has 0 aliphatic carbocycles. The van der Waals surface area contributed by atoms with Gasteiger partial charge in [-0.2, -0.15) is 0 Å². The molecule has 0 rings (SSSR count). The van der Waals surface area contributed by atoms with E-state index in [1.54, 1.807) is 0 Å². The minimum Gasteiger partial charge on any atom is -0.790 e. The molecule has 7 N–H and O–H groups in total. The van der Waals surface area contributed by atoms with Gasteiger partial charge in [0.1, 0.15) is 0 Å². The standard InChI is InChI=1S/Co.H3N.H3O4P.H2O/c;;1-5(2,3)4;/h;1H3;(H3,1,2,3,4);1H2/p-1. The van der Waals surface area contributed by atoms with Crippen LogP contribution in [0.1, 0.15) is 0 Å². The molecule has 0 bridgehead atoms. The normalized spacial score (nSPS) is 7.38. The third-order valence-electron chi connectivity index (χ3n) is 0. The van der Waals surface area contributed by atoms with Gasteiger partial charge in [0, 0.05) is 16.8 Å². The molecule has 0 aromatic carbocycles. The fourth-order valence-electron chi connectivity index (χ4n) is 0. The second-order valence-electron chi connectivity index (χ2n) is 0.469. The smallest absolute Gasteiger partial charge is 0.0557 e. The molecule has 1 radical (unpaired) electrons. The first-order chi connectivity index (χ1) is 2.00. The Morgan fingerprint density at radius 1 is 1.38 bits per heavy atom. The Balaban J connectivity index is -0.0000000267. The molecule has 0 aromatic heterocycles. The molecular weight excluding hydrogens is 184 g/mol. The monoisotopic (exact) mass is 191 g/mol. The summed E-state index contributed by atoms with van der Waals surface area (Å²) in [6.45, 7) is 0. The van der Waals surface area contributed by atoms with Crippen LogP contribution >= 0.6 is 7.82 Å². The molecule has 0 saturated heterocycles. The van der Waals surface area contributed by atoms with Crippen LogP contribution in [0.15, 0.2) is 0 Å². The van der Waals surface area contributed by atoms with Gasteiger partial charge >= 0.3 is 0 Å². The van der Waals surface area contributed by atoms with E-state index in [1.807, 2.05) is 0 Å². The van der Waals surface area contributed by atoms with E-state index in [0.717, 1.165) is 0 Å². The number of hydrogen-bond donors (Lipinski definition) is 2. The van der Waals surface area contributed by atoms with Crippen molar-refractivity contribution in [2.45, 2.75) is 0 Å². The number of hydrogen-bond acceptors (Lipinski definition) is 3. The summed E-state index contributed by atoms with van der Waals surface area (Å²) in [5, 5.41) is 0. The van der Waals surface area contributed by atoms with E-state index in [9.17, 15) is 0 Å². The summed E-state index contributed by atoms with van der Waals surface area (Å²) in [6.07, 6.45) is 0. The van der Waals surface area contributed by atoms with Gasteiger partial charge in [0.15, 0.2) is 0 Å². The molecule has 0 heterocycles. The maximum absolute atomic E-state index is 8.66. The average Bonchev–Trinajstić information content (AvgIpc) is 0.722. The molecule has 57 valence electrons. The predicted molar refractivity (Wildman–Crippen MR) is 19.4 cm³/mol. The molecular formula is H7CoNO5P-. The topological polar surface area (TPSA) is 151 Å². The van der Waals surface area contributed by atoms with Gasteiger partial charge in [-0.3, -0.25) is 0 Å². The van der Waals surface area contributed by atoms with Crippen molar-refractivity contribution in [3.05, 3.63) is 0 Å². The van der Waals surface area contributed by atoms with Crippen LogP contribution in [0.5, 0.6) is 0 Å². The molecule has 8 heteroatoms. The Hall–Kier alpha value is 0.536. The summed E-state index contributed by atoms with van der Waals surface area (Å²) in [5.41, 5.74) is 0. The van der Waals surface area contributed by atoms with Crippen LogP contribution < -0.4 is 15.9 Å². The third-order valence-corrected chi connectivity index (χ3v) is 0. The van der Waals surface area contributed by atoms with Gasteiger partial charge in [-0.15, -0.1) is 0 Å². The Bertz CT molecular complexity index is 58.6. The maximum atomic E-state index is 8.66. The average molecular weight is 191 g/mol. The van der Waals surface area contributed by atoms with Crippen LogP contribution in [-0.2, 0) is 21.3 Å². The van der Waals surface area contributed by atoms with Crippen molar-refractivity contribution < 1.29 is 41.5 Å². The summed E-state index contributed by atoms with van der Waals surface area (Å²) >= 11 is 0. The zero-order chi connectivity index (χ0) is 4.50. The summed E-state index contributed by atoms with van der Waals surface area (Å²) in [6, 6.07) is 0. The van der Waals surface area contributed by atoms with Gasteiger partial charge in [0.25, 0.3) is 0 Å². The molecule has 0 amide bonds. The number of quaternary nitrogens is 1.